The van der Waals surface area contributed by atoms with Crippen LogP contribution in [0.3, 0.4) is 0 Å². The molecule has 0 aromatic heterocycles. The molecule has 14 heavy (non-hydrogen) atoms. The Morgan fingerprint density at radius 3 is 2.07 bits per heavy atom. The van der Waals surface area contributed by atoms with Gasteiger partial charge in [-0.15, -0.1) is 0 Å². The van der Waals surface area contributed by atoms with Crippen molar-refractivity contribution in [2.24, 2.45) is 5.73 Å². The third-order valence-corrected chi connectivity index (χ3v) is 1.76. The summed E-state index contributed by atoms with van der Waals surface area (Å²) >= 11 is 0. The van der Waals surface area contributed by atoms with Crippen LogP contribution in [0, 0.1) is 0 Å². The van der Waals surface area contributed by atoms with Gasteiger partial charge in [0.1, 0.15) is 0 Å². The van der Waals surface area contributed by atoms with Crippen LogP contribution in [0.2, 0.25) is 0 Å². The van der Waals surface area contributed by atoms with Gasteiger partial charge in [0.15, 0.2) is 0 Å². The Labute approximate surface area is 83.0 Å². The summed E-state index contributed by atoms with van der Waals surface area (Å²) in [5, 5.41) is 2.74. The molecular weight excluding hydrogens is 193 g/mol. The van der Waals surface area contributed by atoms with Crippen molar-refractivity contribution in [2.75, 3.05) is 13.1 Å². The van der Waals surface area contributed by atoms with Gasteiger partial charge in [-0.2, -0.15) is 13.2 Å². The Kier molecular flexibility index (Phi) is 5.44. The van der Waals surface area contributed by atoms with E-state index in [-0.39, 0.29) is 12.1 Å². The summed E-state index contributed by atoms with van der Waals surface area (Å²) in [6, 6.07) is 0. The lowest BCUT2D eigenvalue weighted by Crippen LogP contribution is -2.33. The molecule has 0 radical (unpaired) electrons. The first kappa shape index (κ1) is 13.7. The highest BCUT2D eigenvalue weighted by Crippen LogP contribution is 2.18. The standard InChI is InChI=1S/C9H19F3N2/c1-8(2,13)4-3-6-14-7-5-9(10,11)12/h14H,3-7,13H2,1-2H3. The molecule has 0 saturated heterocycles. The number of halogens is 3. The Balaban J connectivity index is 3.23. The quantitative estimate of drug-likeness (QED) is 0.661. The summed E-state index contributed by atoms with van der Waals surface area (Å²) in [6.45, 7) is 4.40. The molecule has 2 nitrogen and oxygen atoms in total. The van der Waals surface area contributed by atoms with Crippen LogP contribution in [0.1, 0.15) is 33.1 Å². The van der Waals surface area contributed by atoms with Crippen LogP contribution in [-0.4, -0.2) is 24.8 Å². The summed E-state index contributed by atoms with van der Waals surface area (Å²) in [5.74, 6) is 0. The summed E-state index contributed by atoms with van der Waals surface area (Å²) in [5.41, 5.74) is 5.48. The molecule has 0 saturated carbocycles. The molecule has 0 aliphatic rings. The number of hydrogen-bond donors (Lipinski definition) is 2. The number of alkyl halides is 3. The molecule has 0 spiro atoms. The minimum absolute atomic E-state index is 0.00546. The second-order valence-electron chi connectivity index (χ2n) is 4.21. The van der Waals surface area contributed by atoms with Gasteiger partial charge in [-0.25, -0.2) is 0 Å². The fourth-order valence-corrected chi connectivity index (χ4v) is 1.02. The highest BCUT2D eigenvalue weighted by Gasteiger charge is 2.25. The van der Waals surface area contributed by atoms with Crippen LogP contribution in [-0.2, 0) is 0 Å². The first-order valence-corrected chi connectivity index (χ1v) is 4.77. The fourth-order valence-electron chi connectivity index (χ4n) is 1.02. The van der Waals surface area contributed by atoms with E-state index in [1.807, 2.05) is 13.8 Å². The number of hydrogen-bond acceptors (Lipinski definition) is 2. The average Bonchev–Trinajstić information content (AvgIpc) is 1.92. The van der Waals surface area contributed by atoms with Crippen molar-refractivity contribution in [1.29, 1.82) is 0 Å². The molecule has 0 amide bonds. The predicted molar refractivity (Wildman–Crippen MR) is 51.0 cm³/mol. The van der Waals surface area contributed by atoms with Crippen LogP contribution >= 0.6 is 0 Å². The molecule has 0 rings (SSSR count). The van der Waals surface area contributed by atoms with E-state index < -0.39 is 12.6 Å². The zero-order chi connectivity index (χ0) is 11.2. The predicted octanol–water partition coefficient (Wildman–Crippen LogP) is 2.05. The summed E-state index contributed by atoms with van der Waals surface area (Å²) in [7, 11) is 0. The minimum Gasteiger partial charge on any atom is -0.326 e. The van der Waals surface area contributed by atoms with E-state index in [0.717, 1.165) is 12.8 Å². The molecule has 0 aliphatic carbocycles. The maximum atomic E-state index is 11.7. The summed E-state index contributed by atoms with van der Waals surface area (Å²) in [6.07, 6.45) is -3.20. The molecular formula is C9H19F3N2. The number of rotatable bonds is 6. The largest absolute Gasteiger partial charge is 0.390 e. The lowest BCUT2D eigenvalue weighted by atomic mass is 10.0. The lowest BCUT2D eigenvalue weighted by molar-refractivity contribution is -0.133. The molecule has 0 atom stereocenters. The molecule has 5 heteroatoms. The zero-order valence-electron chi connectivity index (χ0n) is 8.75. The van der Waals surface area contributed by atoms with Crippen LogP contribution < -0.4 is 11.1 Å². The molecule has 0 aromatic rings. The molecule has 0 fully saturated rings. The molecule has 0 heterocycles. The van der Waals surface area contributed by atoms with Crippen molar-refractivity contribution < 1.29 is 13.2 Å². The zero-order valence-corrected chi connectivity index (χ0v) is 8.75. The number of nitrogens with two attached hydrogens (primary N) is 1. The summed E-state index contributed by atoms with van der Waals surface area (Å²) < 4.78 is 35.1. The van der Waals surface area contributed by atoms with Crippen LogP contribution in [0.15, 0.2) is 0 Å². The van der Waals surface area contributed by atoms with E-state index in [0.29, 0.717) is 6.54 Å². The Morgan fingerprint density at radius 1 is 1.07 bits per heavy atom. The van der Waals surface area contributed by atoms with Gasteiger partial charge < -0.3 is 11.1 Å². The molecule has 0 unspecified atom stereocenters. The van der Waals surface area contributed by atoms with E-state index in [2.05, 4.69) is 5.32 Å². The third-order valence-electron chi connectivity index (χ3n) is 1.76. The Bertz CT molecular complexity index is 131. The van der Waals surface area contributed by atoms with Crippen molar-refractivity contribution >= 4 is 0 Å². The van der Waals surface area contributed by atoms with Crippen LogP contribution in [0.5, 0.6) is 0 Å². The van der Waals surface area contributed by atoms with Gasteiger partial charge >= 0.3 is 6.18 Å². The van der Waals surface area contributed by atoms with E-state index in [1.54, 1.807) is 0 Å². The van der Waals surface area contributed by atoms with Gasteiger partial charge in [-0.1, -0.05) is 0 Å². The van der Waals surface area contributed by atoms with Gasteiger partial charge in [-0.05, 0) is 33.2 Å². The van der Waals surface area contributed by atoms with Crippen molar-refractivity contribution in [2.45, 2.75) is 44.8 Å². The van der Waals surface area contributed by atoms with E-state index in [4.69, 9.17) is 5.73 Å². The molecule has 0 aliphatic heterocycles. The van der Waals surface area contributed by atoms with E-state index in [1.165, 1.54) is 0 Å². The monoisotopic (exact) mass is 212 g/mol. The average molecular weight is 212 g/mol. The second-order valence-corrected chi connectivity index (χ2v) is 4.21. The topological polar surface area (TPSA) is 38.0 Å². The van der Waals surface area contributed by atoms with E-state index >= 15 is 0 Å². The van der Waals surface area contributed by atoms with Gasteiger partial charge in [0, 0.05) is 12.1 Å². The van der Waals surface area contributed by atoms with Gasteiger partial charge in [0.05, 0.1) is 6.42 Å². The first-order chi connectivity index (χ1) is 6.21. The lowest BCUT2D eigenvalue weighted by Gasteiger charge is -2.18. The normalized spacial score (nSPS) is 13.3. The van der Waals surface area contributed by atoms with E-state index in [9.17, 15) is 13.2 Å². The first-order valence-electron chi connectivity index (χ1n) is 4.77. The maximum absolute atomic E-state index is 11.7. The second kappa shape index (κ2) is 5.56. The van der Waals surface area contributed by atoms with Crippen molar-refractivity contribution in [3.05, 3.63) is 0 Å². The van der Waals surface area contributed by atoms with Gasteiger partial charge in [-0.3, -0.25) is 0 Å². The van der Waals surface area contributed by atoms with Crippen LogP contribution in [0.25, 0.3) is 0 Å². The molecule has 86 valence electrons. The molecule has 0 aromatic carbocycles. The highest BCUT2D eigenvalue weighted by molar-refractivity contribution is 4.71. The molecule has 3 N–H and O–H groups in total. The smallest absolute Gasteiger partial charge is 0.326 e. The fraction of sp³-hybridized carbons (Fsp3) is 1.00. The molecule has 0 bridgehead atoms. The SMILES string of the molecule is CC(C)(N)CCCNCCC(F)(F)F. The van der Waals surface area contributed by atoms with Gasteiger partial charge in [0.25, 0.3) is 0 Å². The Morgan fingerprint density at radius 2 is 1.64 bits per heavy atom. The highest BCUT2D eigenvalue weighted by atomic mass is 19.4. The number of nitrogens with one attached hydrogen (secondary N) is 1. The minimum atomic E-state index is -4.06. The van der Waals surface area contributed by atoms with Crippen molar-refractivity contribution in [3.8, 4) is 0 Å². The van der Waals surface area contributed by atoms with Crippen molar-refractivity contribution in [3.63, 3.8) is 0 Å². The van der Waals surface area contributed by atoms with Crippen LogP contribution in [0.4, 0.5) is 13.2 Å². The van der Waals surface area contributed by atoms with Crippen molar-refractivity contribution in [1.82, 2.24) is 5.32 Å². The third kappa shape index (κ3) is 11.7. The maximum Gasteiger partial charge on any atom is 0.390 e. The Hall–Kier alpha value is -0.290. The summed E-state index contributed by atoms with van der Waals surface area (Å²) in [4.78, 5) is 0. The van der Waals surface area contributed by atoms with Gasteiger partial charge in [0.2, 0.25) is 0 Å².